The summed E-state index contributed by atoms with van der Waals surface area (Å²) in [6, 6.07) is 15.4. The number of carbonyl (C=O) groups is 1. The van der Waals surface area contributed by atoms with Crippen LogP contribution in [0.3, 0.4) is 0 Å². The number of rotatable bonds is 6. The molecule has 0 saturated carbocycles. The average molecular weight is 386 g/mol. The summed E-state index contributed by atoms with van der Waals surface area (Å²) in [7, 11) is 0. The van der Waals surface area contributed by atoms with Crippen LogP contribution in [-0.4, -0.2) is 32.2 Å². The number of aliphatic hydroxyl groups is 2. The molecule has 0 aliphatic rings. The number of halogens is 1. The van der Waals surface area contributed by atoms with Crippen LogP contribution in [0.25, 0.3) is 11.3 Å². The van der Waals surface area contributed by atoms with Gasteiger partial charge in [-0.1, -0.05) is 17.7 Å². The summed E-state index contributed by atoms with van der Waals surface area (Å²) in [5.74, 6) is 0.131. The number of nitrogens with zero attached hydrogens (tertiary/aromatic N) is 2. The van der Waals surface area contributed by atoms with Crippen LogP contribution in [0.5, 0.6) is 11.5 Å². The fourth-order valence-electron chi connectivity index (χ4n) is 2.35. The van der Waals surface area contributed by atoms with Crippen LogP contribution < -0.4 is 10.5 Å². The number of aliphatic hydroxyl groups excluding tert-OH is 2. The van der Waals surface area contributed by atoms with Gasteiger partial charge in [-0.2, -0.15) is 0 Å². The number of benzene rings is 1. The monoisotopic (exact) mass is 385 g/mol. The quantitative estimate of drug-likeness (QED) is 0.561. The van der Waals surface area contributed by atoms with Gasteiger partial charge >= 0.3 is 0 Å². The standard InChI is InChI=1S/C19H16ClN3O4/c20-16-9-8-13(10-22-16)27-12-6-4-11(5-7-12)14-2-1-3-15(23-14)17(24)18(25)19(21)26/h1-10,17-18,24-25H,(H2,21,26)/t17-,18+/m0/s1. The number of carbonyl (C=O) groups excluding carboxylic acids is 1. The minimum Gasteiger partial charge on any atom is -0.456 e. The fourth-order valence-corrected chi connectivity index (χ4v) is 2.46. The summed E-state index contributed by atoms with van der Waals surface area (Å²) >= 11 is 5.74. The lowest BCUT2D eigenvalue weighted by Gasteiger charge is -2.15. The van der Waals surface area contributed by atoms with Gasteiger partial charge in [0, 0.05) is 5.56 Å². The number of pyridine rings is 2. The summed E-state index contributed by atoms with van der Waals surface area (Å²) in [6.07, 6.45) is -1.70. The third kappa shape index (κ3) is 4.59. The SMILES string of the molecule is NC(=O)[C@H](O)[C@@H](O)c1cccc(-c2ccc(Oc3ccc(Cl)nc3)cc2)n1. The highest BCUT2D eigenvalue weighted by molar-refractivity contribution is 6.29. The molecule has 4 N–H and O–H groups in total. The van der Waals surface area contributed by atoms with Gasteiger partial charge in [-0.3, -0.25) is 4.79 Å². The third-order valence-corrected chi connectivity index (χ3v) is 3.97. The summed E-state index contributed by atoms with van der Waals surface area (Å²) < 4.78 is 5.68. The predicted octanol–water partition coefficient (Wildman–Crippen LogP) is 2.47. The highest BCUT2D eigenvalue weighted by Crippen LogP contribution is 2.26. The van der Waals surface area contributed by atoms with Crippen molar-refractivity contribution in [2.45, 2.75) is 12.2 Å². The molecule has 0 saturated heterocycles. The van der Waals surface area contributed by atoms with E-state index in [0.717, 1.165) is 5.56 Å². The highest BCUT2D eigenvalue weighted by Gasteiger charge is 2.24. The van der Waals surface area contributed by atoms with E-state index in [4.69, 9.17) is 22.1 Å². The minimum atomic E-state index is -1.73. The van der Waals surface area contributed by atoms with Crippen LogP contribution in [0.15, 0.2) is 60.8 Å². The first kappa shape index (κ1) is 18.8. The van der Waals surface area contributed by atoms with E-state index in [-0.39, 0.29) is 5.69 Å². The van der Waals surface area contributed by atoms with Gasteiger partial charge in [0.1, 0.15) is 22.8 Å². The smallest absolute Gasteiger partial charge is 0.249 e. The number of amides is 1. The average Bonchev–Trinajstić information content (AvgIpc) is 2.69. The van der Waals surface area contributed by atoms with Crippen molar-refractivity contribution in [3.8, 4) is 22.8 Å². The number of hydrogen-bond acceptors (Lipinski definition) is 6. The first-order valence-electron chi connectivity index (χ1n) is 7.96. The molecule has 0 fully saturated rings. The molecule has 7 nitrogen and oxygen atoms in total. The van der Waals surface area contributed by atoms with Gasteiger partial charge in [-0.15, -0.1) is 0 Å². The molecule has 138 valence electrons. The maximum Gasteiger partial charge on any atom is 0.249 e. The Bertz CT molecular complexity index is 932. The van der Waals surface area contributed by atoms with Gasteiger partial charge in [0.15, 0.2) is 6.10 Å². The van der Waals surface area contributed by atoms with E-state index >= 15 is 0 Å². The molecule has 0 bridgehead atoms. The molecule has 0 unspecified atom stereocenters. The van der Waals surface area contributed by atoms with E-state index in [0.29, 0.717) is 22.3 Å². The van der Waals surface area contributed by atoms with Crippen LogP contribution in [0.4, 0.5) is 0 Å². The van der Waals surface area contributed by atoms with Gasteiger partial charge in [0.25, 0.3) is 0 Å². The number of ether oxygens (including phenoxy) is 1. The van der Waals surface area contributed by atoms with Crippen molar-refractivity contribution in [2.24, 2.45) is 5.73 Å². The number of nitrogens with two attached hydrogens (primary N) is 1. The predicted molar refractivity (Wildman–Crippen MR) is 99.2 cm³/mol. The fraction of sp³-hybridized carbons (Fsp3) is 0.105. The van der Waals surface area contributed by atoms with Crippen LogP contribution in [0.1, 0.15) is 11.8 Å². The molecule has 0 aliphatic carbocycles. The zero-order valence-corrected chi connectivity index (χ0v) is 14.7. The lowest BCUT2D eigenvalue weighted by Crippen LogP contribution is -2.34. The summed E-state index contributed by atoms with van der Waals surface area (Å²) in [6.45, 7) is 0. The Morgan fingerprint density at radius 3 is 2.37 bits per heavy atom. The Labute approximate surface area is 160 Å². The Morgan fingerprint density at radius 1 is 1.04 bits per heavy atom. The molecule has 1 aromatic carbocycles. The molecule has 3 rings (SSSR count). The van der Waals surface area contributed by atoms with Crippen molar-refractivity contribution in [1.29, 1.82) is 0 Å². The Morgan fingerprint density at radius 2 is 1.74 bits per heavy atom. The topological polar surface area (TPSA) is 119 Å². The molecule has 8 heteroatoms. The third-order valence-electron chi connectivity index (χ3n) is 3.75. The van der Waals surface area contributed by atoms with Crippen LogP contribution in [0.2, 0.25) is 5.15 Å². The van der Waals surface area contributed by atoms with E-state index in [1.165, 1.54) is 12.3 Å². The molecule has 0 radical (unpaired) electrons. The van der Waals surface area contributed by atoms with Crippen molar-refractivity contribution >= 4 is 17.5 Å². The Balaban J connectivity index is 1.78. The van der Waals surface area contributed by atoms with E-state index in [2.05, 4.69) is 9.97 Å². The van der Waals surface area contributed by atoms with Crippen LogP contribution >= 0.6 is 11.6 Å². The number of primary amides is 1. The lowest BCUT2D eigenvalue weighted by atomic mass is 10.1. The van der Waals surface area contributed by atoms with E-state index < -0.39 is 18.1 Å². The molecule has 2 atom stereocenters. The molecule has 27 heavy (non-hydrogen) atoms. The van der Waals surface area contributed by atoms with Crippen molar-refractivity contribution in [3.63, 3.8) is 0 Å². The van der Waals surface area contributed by atoms with Gasteiger partial charge in [-0.25, -0.2) is 9.97 Å². The molecule has 2 heterocycles. The molecular formula is C19H16ClN3O4. The number of aromatic nitrogens is 2. The maximum atomic E-state index is 11.0. The van der Waals surface area contributed by atoms with Gasteiger partial charge in [0.2, 0.25) is 5.91 Å². The van der Waals surface area contributed by atoms with E-state index in [9.17, 15) is 15.0 Å². The Kier molecular flexibility index (Phi) is 5.66. The summed E-state index contributed by atoms with van der Waals surface area (Å²) in [5.41, 5.74) is 6.48. The largest absolute Gasteiger partial charge is 0.456 e. The number of hydrogen-bond donors (Lipinski definition) is 3. The molecule has 2 aromatic heterocycles. The summed E-state index contributed by atoms with van der Waals surface area (Å²) in [4.78, 5) is 19.3. The summed E-state index contributed by atoms with van der Waals surface area (Å²) in [5, 5.41) is 20.0. The van der Waals surface area contributed by atoms with Gasteiger partial charge in [-0.05, 0) is 48.5 Å². The van der Waals surface area contributed by atoms with Crippen LogP contribution in [-0.2, 0) is 4.79 Å². The second-order valence-electron chi connectivity index (χ2n) is 5.68. The second-order valence-corrected chi connectivity index (χ2v) is 6.07. The zero-order chi connectivity index (χ0) is 19.4. The molecule has 1 amide bonds. The molecule has 3 aromatic rings. The van der Waals surface area contributed by atoms with Crippen molar-refractivity contribution in [2.75, 3.05) is 0 Å². The van der Waals surface area contributed by atoms with Gasteiger partial charge in [0.05, 0.1) is 17.6 Å². The second kappa shape index (κ2) is 8.13. The Hall–Kier alpha value is -3.00. The minimum absolute atomic E-state index is 0.145. The highest BCUT2D eigenvalue weighted by atomic mass is 35.5. The lowest BCUT2D eigenvalue weighted by molar-refractivity contribution is -0.132. The molecule has 0 aliphatic heterocycles. The first-order chi connectivity index (χ1) is 12.9. The van der Waals surface area contributed by atoms with Crippen molar-refractivity contribution in [1.82, 2.24) is 9.97 Å². The van der Waals surface area contributed by atoms with Crippen LogP contribution in [0, 0.1) is 0 Å². The maximum absolute atomic E-state index is 11.0. The molecule has 0 spiro atoms. The normalized spacial score (nSPS) is 13.0. The van der Waals surface area contributed by atoms with E-state index in [1.54, 1.807) is 48.5 Å². The zero-order valence-electron chi connectivity index (χ0n) is 14.0. The van der Waals surface area contributed by atoms with Crippen molar-refractivity contribution < 1.29 is 19.7 Å². The van der Waals surface area contributed by atoms with Crippen molar-refractivity contribution in [3.05, 3.63) is 71.6 Å². The molecular weight excluding hydrogens is 370 g/mol. The van der Waals surface area contributed by atoms with Gasteiger partial charge < -0.3 is 20.7 Å². The first-order valence-corrected chi connectivity index (χ1v) is 8.34. The van der Waals surface area contributed by atoms with E-state index in [1.807, 2.05) is 0 Å².